The molecule has 2 aromatic rings. The van der Waals surface area contributed by atoms with Crippen LogP contribution in [-0.2, 0) is 10.0 Å². The first-order valence-electron chi connectivity index (χ1n) is 9.02. The summed E-state index contributed by atoms with van der Waals surface area (Å²) in [6.45, 7) is 5.74. The van der Waals surface area contributed by atoms with Crippen LogP contribution in [0.4, 0.5) is 10.3 Å². The summed E-state index contributed by atoms with van der Waals surface area (Å²) < 4.78 is 38.4. The van der Waals surface area contributed by atoms with E-state index in [9.17, 15) is 17.9 Å². The Balaban J connectivity index is 2.80. The second-order valence-corrected chi connectivity index (χ2v) is 8.91. The Labute approximate surface area is 165 Å². The monoisotopic (exact) mass is 407 g/mol. The molecule has 1 atom stereocenters. The zero-order valence-corrected chi connectivity index (χ0v) is 17.5. The average Bonchev–Trinajstić information content (AvgIpc) is 2.64. The summed E-state index contributed by atoms with van der Waals surface area (Å²) in [7, 11) is -2.17. The molecule has 1 heterocycles. The summed E-state index contributed by atoms with van der Waals surface area (Å²) in [6, 6.07) is 5.81. The molecule has 8 heteroatoms. The fraction of sp³-hybridized carbons (Fsp3) is 0.400. The molecular weight excluding hydrogens is 381 g/mol. The highest BCUT2D eigenvalue weighted by atomic mass is 32.2. The first-order valence-corrected chi connectivity index (χ1v) is 10.9. The fourth-order valence-electron chi connectivity index (χ4n) is 2.54. The largest absolute Gasteiger partial charge is 0.389 e. The summed E-state index contributed by atoms with van der Waals surface area (Å²) in [5.74, 6) is -0.375. The molecule has 1 aromatic heterocycles. The minimum Gasteiger partial charge on any atom is -0.389 e. The lowest BCUT2D eigenvalue weighted by molar-refractivity contribution is 0.220. The average molecular weight is 408 g/mol. The minimum atomic E-state index is -3.56. The Kier molecular flexibility index (Phi) is 6.90. The lowest BCUT2D eigenvalue weighted by Gasteiger charge is -2.20. The smallest absolute Gasteiger partial charge is 0.239 e. The number of rotatable bonds is 7. The molecule has 0 aliphatic rings. The van der Waals surface area contributed by atoms with Crippen LogP contribution in [0.2, 0.25) is 0 Å². The van der Waals surface area contributed by atoms with Crippen LogP contribution in [-0.4, -0.2) is 42.9 Å². The second kappa shape index (κ2) is 8.79. The van der Waals surface area contributed by atoms with Gasteiger partial charge in [0.05, 0.1) is 23.7 Å². The van der Waals surface area contributed by atoms with E-state index < -0.39 is 16.1 Å². The Morgan fingerprint density at radius 3 is 2.32 bits per heavy atom. The van der Waals surface area contributed by atoms with Crippen molar-refractivity contribution in [2.24, 2.45) is 0 Å². The van der Waals surface area contributed by atoms with Gasteiger partial charge in [-0.15, -0.1) is 0 Å². The number of halogens is 1. The molecule has 6 nitrogen and oxygen atoms in total. The molecule has 0 saturated carbocycles. The van der Waals surface area contributed by atoms with Gasteiger partial charge in [-0.1, -0.05) is 32.9 Å². The van der Waals surface area contributed by atoms with E-state index in [0.717, 1.165) is 10.6 Å². The number of anilines is 1. The van der Waals surface area contributed by atoms with Crippen molar-refractivity contribution in [2.75, 3.05) is 17.6 Å². The van der Waals surface area contributed by atoms with Crippen molar-refractivity contribution < 1.29 is 17.9 Å². The van der Waals surface area contributed by atoms with Crippen LogP contribution in [0.25, 0.3) is 17.3 Å². The third-order valence-corrected chi connectivity index (χ3v) is 5.47. The maximum atomic E-state index is 13.4. The summed E-state index contributed by atoms with van der Waals surface area (Å²) in [6.07, 6.45) is 4.40. The highest BCUT2D eigenvalue weighted by molar-refractivity contribution is 7.92. The first kappa shape index (κ1) is 22.0. The van der Waals surface area contributed by atoms with Gasteiger partial charge in [0, 0.05) is 18.2 Å². The van der Waals surface area contributed by atoms with Crippen LogP contribution >= 0.6 is 0 Å². The molecule has 0 radical (unpaired) electrons. The molecule has 0 amide bonds. The quantitative estimate of drug-likeness (QED) is 0.758. The van der Waals surface area contributed by atoms with Crippen molar-refractivity contribution in [2.45, 2.75) is 39.2 Å². The summed E-state index contributed by atoms with van der Waals surface area (Å²) in [4.78, 5) is 8.94. The lowest BCUT2D eigenvalue weighted by atomic mass is 9.97. The van der Waals surface area contributed by atoms with Gasteiger partial charge in [0.2, 0.25) is 16.0 Å². The maximum absolute atomic E-state index is 13.4. The van der Waals surface area contributed by atoms with E-state index in [1.165, 1.54) is 19.2 Å². The van der Waals surface area contributed by atoms with E-state index in [-0.39, 0.29) is 17.7 Å². The maximum Gasteiger partial charge on any atom is 0.239 e. The molecule has 0 saturated heterocycles. The minimum absolute atomic E-state index is 0.0349. The number of aliphatic hydroxyl groups excluding tert-OH is 1. The summed E-state index contributed by atoms with van der Waals surface area (Å²) in [5, 5.41) is 9.93. The zero-order valence-electron chi connectivity index (χ0n) is 16.7. The Hall–Kier alpha value is -2.32. The number of hydrogen-bond acceptors (Lipinski definition) is 5. The molecule has 1 aromatic carbocycles. The first-order chi connectivity index (χ1) is 13.0. The van der Waals surface area contributed by atoms with Gasteiger partial charge in [-0.25, -0.2) is 27.1 Å². The topological polar surface area (TPSA) is 83.4 Å². The molecule has 1 N–H and O–H groups in total. The summed E-state index contributed by atoms with van der Waals surface area (Å²) in [5.41, 5.74) is 2.40. The van der Waals surface area contributed by atoms with Crippen LogP contribution in [0.1, 0.15) is 44.4 Å². The molecule has 152 valence electrons. The Morgan fingerprint density at radius 2 is 1.82 bits per heavy atom. The van der Waals surface area contributed by atoms with Crippen molar-refractivity contribution in [1.29, 1.82) is 0 Å². The van der Waals surface area contributed by atoms with Gasteiger partial charge in [0.25, 0.3) is 0 Å². The van der Waals surface area contributed by atoms with Crippen LogP contribution in [0.5, 0.6) is 0 Å². The zero-order chi connectivity index (χ0) is 21.1. The molecule has 28 heavy (non-hydrogen) atoms. The molecule has 0 aliphatic heterocycles. The highest BCUT2D eigenvalue weighted by Gasteiger charge is 2.22. The van der Waals surface area contributed by atoms with Crippen molar-refractivity contribution in [3.63, 3.8) is 0 Å². The van der Waals surface area contributed by atoms with E-state index in [1.807, 2.05) is 20.8 Å². The van der Waals surface area contributed by atoms with Gasteiger partial charge in [-0.05, 0) is 36.6 Å². The predicted molar refractivity (Wildman–Crippen MR) is 110 cm³/mol. The van der Waals surface area contributed by atoms with Gasteiger partial charge < -0.3 is 5.11 Å². The van der Waals surface area contributed by atoms with Gasteiger partial charge in [-0.3, -0.25) is 0 Å². The van der Waals surface area contributed by atoms with Crippen molar-refractivity contribution in [1.82, 2.24) is 9.97 Å². The normalized spacial score (nSPS) is 13.3. The van der Waals surface area contributed by atoms with Crippen molar-refractivity contribution in [3.05, 3.63) is 47.4 Å². The van der Waals surface area contributed by atoms with E-state index >= 15 is 0 Å². The number of aromatic nitrogens is 2. The number of sulfonamides is 1. The molecular formula is C20H26FN3O3S. The fourth-order valence-corrected chi connectivity index (χ4v) is 2.92. The Morgan fingerprint density at radius 1 is 1.21 bits per heavy atom. The molecule has 0 bridgehead atoms. The van der Waals surface area contributed by atoms with E-state index in [4.69, 9.17) is 0 Å². The molecule has 0 unspecified atom stereocenters. The highest BCUT2D eigenvalue weighted by Crippen LogP contribution is 2.31. The Bertz CT molecular complexity index is 957. The number of benzene rings is 1. The van der Waals surface area contributed by atoms with E-state index in [2.05, 4.69) is 9.97 Å². The third kappa shape index (κ3) is 5.14. The van der Waals surface area contributed by atoms with Crippen LogP contribution in [0, 0.1) is 5.82 Å². The molecule has 2 rings (SSSR count). The molecule has 0 fully saturated rings. The van der Waals surface area contributed by atoms with E-state index in [1.54, 1.807) is 24.3 Å². The number of aliphatic hydroxyl groups is 1. The SMILES string of the molecule is CC[C@H](O)/C=C/c1c(-c2ccc(F)cc2)nc(N(C)S(C)(=O)=O)nc1C(C)C. The third-order valence-electron chi connectivity index (χ3n) is 4.31. The van der Waals surface area contributed by atoms with Crippen LogP contribution in [0.3, 0.4) is 0 Å². The van der Waals surface area contributed by atoms with Crippen LogP contribution < -0.4 is 4.31 Å². The van der Waals surface area contributed by atoms with E-state index in [0.29, 0.717) is 28.9 Å². The van der Waals surface area contributed by atoms with Gasteiger partial charge in [-0.2, -0.15) is 0 Å². The van der Waals surface area contributed by atoms with Crippen molar-refractivity contribution >= 4 is 22.0 Å². The summed E-state index contributed by atoms with van der Waals surface area (Å²) >= 11 is 0. The molecule has 0 spiro atoms. The standard InChI is InChI=1S/C20H26FN3O3S/c1-6-16(25)11-12-17-18(13(2)3)22-20(24(4)28(5,26)27)23-19(17)14-7-9-15(21)10-8-14/h7-13,16,25H,6H2,1-5H3/b12-11+/t16-/m0/s1. The van der Waals surface area contributed by atoms with Crippen molar-refractivity contribution in [3.8, 4) is 11.3 Å². The second-order valence-electron chi connectivity index (χ2n) is 6.90. The van der Waals surface area contributed by atoms with Crippen LogP contribution in [0.15, 0.2) is 30.3 Å². The van der Waals surface area contributed by atoms with Gasteiger partial charge in [0.15, 0.2) is 0 Å². The van der Waals surface area contributed by atoms with Gasteiger partial charge >= 0.3 is 0 Å². The molecule has 0 aliphatic carbocycles. The van der Waals surface area contributed by atoms with Gasteiger partial charge in [0.1, 0.15) is 5.82 Å². The predicted octanol–water partition coefficient (Wildman–Crippen LogP) is 3.59. The number of hydrogen-bond donors (Lipinski definition) is 1. The number of nitrogens with zero attached hydrogens (tertiary/aromatic N) is 3. The lowest BCUT2D eigenvalue weighted by Crippen LogP contribution is -2.27.